The highest BCUT2D eigenvalue weighted by Gasteiger charge is 2.28. The Balaban J connectivity index is 0.00000392. The van der Waals surface area contributed by atoms with E-state index in [2.05, 4.69) is 16.0 Å². The number of nitrogens with one attached hydrogen (secondary N) is 3. The van der Waals surface area contributed by atoms with Crippen molar-refractivity contribution in [2.24, 2.45) is 11.7 Å². The monoisotopic (exact) mass is 411 g/mol. The van der Waals surface area contributed by atoms with Crippen molar-refractivity contribution >= 4 is 35.9 Å². The Kier molecular flexibility index (Phi) is 9.75. The number of nitrogens with zero attached hydrogens (tertiary/aromatic N) is 1. The molecule has 1 fully saturated rings. The maximum atomic E-state index is 12.7. The van der Waals surface area contributed by atoms with E-state index in [0.717, 1.165) is 12.8 Å². The minimum Gasteiger partial charge on any atom is -0.355 e. The number of halogens is 1. The van der Waals surface area contributed by atoms with E-state index in [1.807, 2.05) is 13.8 Å². The summed E-state index contributed by atoms with van der Waals surface area (Å²) >= 11 is 0. The van der Waals surface area contributed by atoms with Gasteiger partial charge in [0.15, 0.2) is 0 Å². The van der Waals surface area contributed by atoms with Gasteiger partial charge in [0, 0.05) is 43.5 Å². The molecule has 28 heavy (non-hydrogen) atoms. The van der Waals surface area contributed by atoms with Gasteiger partial charge in [-0.1, -0.05) is 0 Å². The van der Waals surface area contributed by atoms with Crippen LogP contribution in [-0.4, -0.2) is 55.0 Å². The maximum Gasteiger partial charge on any atom is 0.319 e. The molecule has 4 amide bonds. The van der Waals surface area contributed by atoms with Crippen LogP contribution in [0.15, 0.2) is 24.3 Å². The number of anilines is 1. The van der Waals surface area contributed by atoms with Gasteiger partial charge in [-0.25, -0.2) is 4.79 Å². The minimum atomic E-state index is -0.286. The smallest absolute Gasteiger partial charge is 0.319 e. The van der Waals surface area contributed by atoms with Crippen molar-refractivity contribution in [3.63, 3.8) is 0 Å². The van der Waals surface area contributed by atoms with E-state index in [0.29, 0.717) is 37.4 Å². The first-order chi connectivity index (χ1) is 12.9. The van der Waals surface area contributed by atoms with Gasteiger partial charge >= 0.3 is 6.03 Å². The molecule has 0 radical (unpaired) electrons. The van der Waals surface area contributed by atoms with E-state index in [4.69, 9.17) is 5.73 Å². The molecule has 0 bridgehead atoms. The zero-order valence-electron chi connectivity index (χ0n) is 16.4. The topological polar surface area (TPSA) is 117 Å². The normalized spacial score (nSPS) is 16.1. The van der Waals surface area contributed by atoms with Crippen LogP contribution >= 0.6 is 12.4 Å². The predicted octanol–water partition coefficient (Wildman–Crippen LogP) is 1.57. The fraction of sp³-hybridized carbons (Fsp3) is 0.526. The number of benzene rings is 1. The lowest BCUT2D eigenvalue weighted by Gasteiger charge is -2.32. The van der Waals surface area contributed by atoms with E-state index in [1.54, 1.807) is 29.2 Å². The fourth-order valence-electron chi connectivity index (χ4n) is 3.02. The van der Waals surface area contributed by atoms with Gasteiger partial charge in [0.2, 0.25) is 5.91 Å². The molecule has 1 heterocycles. The van der Waals surface area contributed by atoms with E-state index < -0.39 is 0 Å². The Morgan fingerprint density at radius 1 is 1.21 bits per heavy atom. The molecule has 0 spiro atoms. The number of piperidine rings is 1. The maximum absolute atomic E-state index is 12.7. The Bertz CT molecular complexity index is 666. The number of likely N-dealkylation sites (tertiary alicyclic amines) is 1. The van der Waals surface area contributed by atoms with Crippen LogP contribution in [-0.2, 0) is 4.79 Å². The third-order valence-corrected chi connectivity index (χ3v) is 4.33. The Hall–Kier alpha value is -2.32. The molecule has 1 aromatic carbocycles. The van der Waals surface area contributed by atoms with Crippen LogP contribution in [0, 0.1) is 5.92 Å². The fourth-order valence-corrected chi connectivity index (χ4v) is 3.02. The van der Waals surface area contributed by atoms with Gasteiger partial charge in [-0.3, -0.25) is 9.59 Å². The van der Waals surface area contributed by atoms with Crippen molar-refractivity contribution in [2.75, 3.05) is 31.5 Å². The number of hydrogen-bond acceptors (Lipinski definition) is 4. The van der Waals surface area contributed by atoms with E-state index in [-0.39, 0.29) is 42.2 Å². The van der Waals surface area contributed by atoms with Crippen LogP contribution in [0.1, 0.15) is 37.0 Å². The number of urea groups is 1. The molecule has 1 saturated heterocycles. The zero-order chi connectivity index (χ0) is 19.8. The average Bonchev–Trinajstić information content (AvgIpc) is 2.65. The van der Waals surface area contributed by atoms with Crippen LogP contribution in [0.4, 0.5) is 10.5 Å². The second kappa shape index (κ2) is 11.5. The largest absolute Gasteiger partial charge is 0.355 e. The summed E-state index contributed by atoms with van der Waals surface area (Å²) in [6.07, 6.45) is 1.56. The molecule has 1 aliphatic rings. The molecule has 5 N–H and O–H groups in total. The van der Waals surface area contributed by atoms with Gasteiger partial charge in [0.1, 0.15) is 0 Å². The van der Waals surface area contributed by atoms with Crippen LogP contribution in [0.5, 0.6) is 0 Å². The van der Waals surface area contributed by atoms with Crippen LogP contribution < -0.4 is 21.7 Å². The van der Waals surface area contributed by atoms with E-state index >= 15 is 0 Å². The molecule has 1 aliphatic heterocycles. The number of carbonyl (C=O) groups excluding carboxylic acids is 3. The number of hydrogen-bond donors (Lipinski definition) is 4. The van der Waals surface area contributed by atoms with Crippen molar-refractivity contribution in [3.05, 3.63) is 29.8 Å². The number of amides is 4. The summed E-state index contributed by atoms with van der Waals surface area (Å²) in [5.41, 5.74) is 6.56. The molecule has 1 unspecified atom stereocenters. The summed E-state index contributed by atoms with van der Waals surface area (Å²) in [4.78, 5) is 38.3. The van der Waals surface area contributed by atoms with Crippen molar-refractivity contribution in [1.29, 1.82) is 0 Å². The molecular weight excluding hydrogens is 382 g/mol. The molecule has 156 valence electrons. The van der Waals surface area contributed by atoms with Gasteiger partial charge < -0.3 is 26.6 Å². The molecular formula is C19H30ClN5O3. The van der Waals surface area contributed by atoms with Gasteiger partial charge in [0.05, 0.1) is 5.92 Å². The molecule has 9 heteroatoms. The van der Waals surface area contributed by atoms with Crippen LogP contribution in [0.2, 0.25) is 0 Å². The molecule has 0 saturated carbocycles. The standard InChI is InChI=1S/C19H29N5O3.ClH/c1-13(2)22-19(27)23-16-7-5-14(6-8-16)18(26)24-11-3-4-15(12-24)17(25)21-10-9-20;/h5-8,13,15H,3-4,9-12,20H2,1-2H3,(H,21,25)(H2,22,23,27);1H. The summed E-state index contributed by atoms with van der Waals surface area (Å²) < 4.78 is 0. The van der Waals surface area contributed by atoms with Gasteiger partial charge in [-0.2, -0.15) is 0 Å². The summed E-state index contributed by atoms with van der Waals surface area (Å²) in [6.45, 7) is 5.65. The highest BCUT2D eigenvalue weighted by atomic mass is 35.5. The highest BCUT2D eigenvalue weighted by molar-refractivity contribution is 5.96. The van der Waals surface area contributed by atoms with Crippen molar-refractivity contribution in [1.82, 2.24) is 15.5 Å². The lowest BCUT2D eigenvalue weighted by molar-refractivity contribution is -0.126. The third-order valence-electron chi connectivity index (χ3n) is 4.33. The molecule has 1 aromatic rings. The zero-order valence-corrected chi connectivity index (χ0v) is 17.2. The third kappa shape index (κ3) is 7.01. The first-order valence-electron chi connectivity index (χ1n) is 9.35. The SMILES string of the molecule is CC(C)NC(=O)Nc1ccc(C(=O)N2CCCC(C(=O)NCCN)C2)cc1.Cl. The van der Waals surface area contributed by atoms with Crippen LogP contribution in [0.3, 0.4) is 0 Å². The number of carbonyl (C=O) groups is 3. The van der Waals surface area contributed by atoms with Gasteiger partial charge in [-0.15, -0.1) is 12.4 Å². The number of nitrogens with two attached hydrogens (primary N) is 1. The van der Waals surface area contributed by atoms with Crippen molar-refractivity contribution in [2.45, 2.75) is 32.7 Å². The quantitative estimate of drug-likeness (QED) is 0.568. The summed E-state index contributed by atoms with van der Waals surface area (Å²) in [5.74, 6) is -0.354. The molecule has 8 nitrogen and oxygen atoms in total. The van der Waals surface area contributed by atoms with E-state index in [1.165, 1.54) is 0 Å². The highest BCUT2D eigenvalue weighted by Crippen LogP contribution is 2.20. The summed E-state index contributed by atoms with van der Waals surface area (Å²) in [7, 11) is 0. The van der Waals surface area contributed by atoms with Crippen molar-refractivity contribution in [3.8, 4) is 0 Å². The summed E-state index contributed by atoms with van der Waals surface area (Å²) in [5, 5.41) is 8.25. The van der Waals surface area contributed by atoms with Gasteiger partial charge in [-0.05, 0) is 51.0 Å². The second-order valence-electron chi connectivity index (χ2n) is 7.00. The molecule has 1 atom stereocenters. The Labute approximate surface area is 172 Å². The lowest BCUT2D eigenvalue weighted by atomic mass is 9.96. The van der Waals surface area contributed by atoms with Gasteiger partial charge in [0.25, 0.3) is 5.91 Å². The molecule has 0 aromatic heterocycles. The van der Waals surface area contributed by atoms with E-state index in [9.17, 15) is 14.4 Å². The second-order valence-corrected chi connectivity index (χ2v) is 7.00. The Morgan fingerprint density at radius 3 is 2.50 bits per heavy atom. The minimum absolute atomic E-state index is 0. The van der Waals surface area contributed by atoms with Crippen molar-refractivity contribution < 1.29 is 14.4 Å². The number of rotatable bonds is 6. The first-order valence-corrected chi connectivity index (χ1v) is 9.35. The first kappa shape index (κ1) is 23.7. The lowest BCUT2D eigenvalue weighted by Crippen LogP contribution is -2.46. The molecule has 0 aliphatic carbocycles. The average molecular weight is 412 g/mol. The predicted molar refractivity (Wildman–Crippen MR) is 112 cm³/mol. The summed E-state index contributed by atoms with van der Waals surface area (Å²) in [6, 6.07) is 6.52. The Morgan fingerprint density at radius 2 is 1.89 bits per heavy atom. The van der Waals surface area contributed by atoms with Crippen LogP contribution in [0.25, 0.3) is 0 Å². The molecule has 2 rings (SSSR count).